The number of alkyl carbamates (subject to hydrolysis) is 1. The Kier molecular flexibility index (Phi) is 6.43. The van der Waals surface area contributed by atoms with Crippen LogP contribution < -0.4 is 10.1 Å². The van der Waals surface area contributed by atoms with Gasteiger partial charge in [-0.15, -0.1) is 0 Å². The molecule has 0 fully saturated rings. The van der Waals surface area contributed by atoms with Crippen molar-refractivity contribution in [1.82, 2.24) is 5.32 Å². The van der Waals surface area contributed by atoms with Crippen molar-refractivity contribution in [3.63, 3.8) is 0 Å². The third kappa shape index (κ3) is 5.16. The number of benzene rings is 2. The number of aryl methyl sites for hydroxylation is 2. The normalized spacial score (nSPS) is 10.6. The molecule has 0 spiro atoms. The Labute approximate surface area is 143 Å². The summed E-state index contributed by atoms with van der Waals surface area (Å²) >= 11 is 0. The van der Waals surface area contributed by atoms with Crippen molar-refractivity contribution in [3.05, 3.63) is 70.8 Å². The predicted octanol–water partition coefficient (Wildman–Crippen LogP) is 4.25. The van der Waals surface area contributed by atoms with Gasteiger partial charge in [0.2, 0.25) is 0 Å². The fourth-order valence-corrected chi connectivity index (χ4v) is 2.31. The van der Waals surface area contributed by atoms with Crippen LogP contribution in [0.15, 0.2) is 48.5 Å². The van der Waals surface area contributed by atoms with Crippen molar-refractivity contribution in [1.29, 1.82) is 0 Å². The number of nitrogens with one attached hydrogen (secondary N) is 1. The minimum absolute atomic E-state index is 0.271. The molecule has 1 N–H and O–H groups in total. The van der Waals surface area contributed by atoms with Crippen LogP contribution >= 0.6 is 0 Å². The van der Waals surface area contributed by atoms with E-state index in [1.165, 1.54) is 0 Å². The van der Waals surface area contributed by atoms with Crippen molar-refractivity contribution < 1.29 is 14.3 Å². The van der Waals surface area contributed by atoms with Gasteiger partial charge >= 0.3 is 6.09 Å². The Bertz CT molecular complexity index is 708. The Hall–Kier alpha value is -2.75. The molecule has 2 rings (SSSR count). The zero-order chi connectivity index (χ0) is 17.4. The van der Waals surface area contributed by atoms with Crippen molar-refractivity contribution in [2.45, 2.75) is 20.5 Å². The second-order valence-corrected chi connectivity index (χ2v) is 5.52. The average Bonchev–Trinajstić information content (AvgIpc) is 2.60. The molecule has 24 heavy (non-hydrogen) atoms. The molecule has 4 nitrogen and oxygen atoms in total. The van der Waals surface area contributed by atoms with Crippen LogP contribution in [-0.2, 0) is 11.3 Å². The summed E-state index contributed by atoms with van der Waals surface area (Å²) in [4.78, 5) is 11.6. The van der Waals surface area contributed by atoms with E-state index in [9.17, 15) is 4.79 Å². The molecule has 2 aromatic rings. The highest BCUT2D eigenvalue weighted by Gasteiger charge is 2.03. The molecule has 1 amide bonds. The second-order valence-electron chi connectivity index (χ2n) is 5.52. The molecule has 0 unspecified atom stereocenters. The van der Waals surface area contributed by atoms with Crippen molar-refractivity contribution in [3.8, 4) is 5.75 Å². The average molecular weight is 325 g/mol. The van der Waals surface area contributed by atoms with Gasteiger partial charge in [-0.25, -0.2) is 4.79 Å². The first-order chi connectivity index (χ1) is 11.6. The highest BCUT2D eigenvalue weighted by atomic mass is 16.5. The molecule has 126 valence electrons. The van der Waals surface area contributed by atoms with Gasteiger partial charge in [-0.2, -0.15) is 0 Å². The van der Waals surface area contributed by atoms with E-state index in [1.54, 1.807) is 7.11 Å². The Morgan fingerprint density at radius 1 is 1.12 bits per heavy atom. The molecule has 0 aliphatic heterocycles. The van der Waals surface area contributed by atoms with Gasteiger partial charge in [0.1, 0.15) is 12.4 Å². The van der Waals surface area contributed by atoms with Crippen LogP contribution in [0.25, 0.3) is 6.08 Å². The zero-order valence-electron chi connectivity index (χ0n) is 14.3. The smallest absolute Gasteiger partial charge is 0.407 e. The lowest BCUT2D eigenvalue weighted by atomic mass is 10.0. The van der Waals surface area contributed by atoms with E-state index >= 15 is 0 Å². The van der Waals surface area contributed by atoms with E-state index in [2.05, 4.69) is 11.4 Å². The molecule has 0 atom stereocenters. The van der Waals surface area contributed by atoms with E-state index < -0.39 is 6.09 Å². The van der Waals surface area contributed by atoms with E-state index in [-0.39, 0.29) is 6.61 Å². The number of hydrogen-bond donors (Lipinski definition) is 1. The van der Waals surface area contributed by atoms with Gasteiger partial charge in [-0.1, -0.05) is 42.5 Å². The molecule has 0 aliphatic carbocycles. The summed E-state index contributed by atoms with van der Waals surface area (Å²) in [6.07, 6.45) is 3.46. The van der Waals surface area contributed by atoms with Crippen LogP contribution in [0.5, 0.6) is 5.75 Å². The number of carbonyl (C=O) groups is 1. The Morgan fingerprint density at radius 3 is 2.58 bits per heavy atom. The van der Waals surface area contributed by atoms with E-state index in [0.29, 0.717) is 6.54 Å². The van der Waals surface area contributed by atoms with Gasteiger partial charge in [0, 0.05) is 6.54 Å². The summed E-state index contributed by atoms with van der Waals surface area (Å²) < 4.78 is 10.5. The molecule has 0 aromatic heterocycles. The molecule has 0 aliphatic rings. The van der Waals surface area contributed by atoms with Crippen molar-refractivity contribution in [2.24, 2.45) is 0 Å². The van der Waals surface area contributed by atoms with Gasteiger partial charge < -0.3 is 14.8 Å². The number of hydrogen-bond acceptors (Lipinski definition) is 3. The maximum atomic E-state index is 11.6. The largest absolute Gasteiger partial charge is 0.496 e. The van der Waals surface area contributed by atoms with Crippen LogP contribution in [0.4, 0.5) is 4.79 Å². The van der Waals surface area contributed by atoms with Crippen LogP contribution in [0.1, 0.15) is 22.3 Å². The minimum Gasteiger partial charge on any atom is -0.496 e. The quantitative estimate of drug-likeness (QED) is 0.863. The maximum absolute atomic E-state index is 11.6. The summed E-state index contributed by atoms with van der Waals surface area (Å²) in [5.74, 6) is 0.882. The third-order valence-electron chi connectivity index (χ3n) is 3.66. The summed E-state index contributed by atoms with van der Waals surface area (Å²) in [5.41, 5.74) is 4.28. The highest BCUT2D eigenvalue weighted by Crippen LogP contribution is 2.23. The first-order valence-corrected chi connectivity index (χ1v) is 7.86. The van der Waals surface area contributed by atoms with E-state index in [1.807, 2.05) is 62.4 Å². The molecule has 0 saturated heterocycles. The van der Waals surface area contributed by atoms with Gasteiger partial charge in [0.25, 0.3) is 0 Å². The monoisotopic (exact) mass is 325 g/mol. The number of ether oxygens (including phenoxy) is 2. The van der Waals surface area contributed by atoms with Crippen LogP contribution in [0, 0.1) is 13.8 Å². The van der Waals surface area contributed by atoms with Crippen LogP contribution in [0.3, 0.4) is 0 Å². The predicted molar refractivity (Wildman–Crippen MR) is 96.1 cm³/mol. The lowest BCUT2D eigenvalue weighted by molar-refractivity contribution is 0.141. The lowest BCUT2D eigenvalue weighted by Gasteiger charge is -2.09. The van der Waals surface area contributed by atoms with E-state index in [4.69, 9.17) is 9.47 Å². The fourth-order valence-electron chi connectivity index (χ4n) is 2.31. The highest BCUT2D eigenvalue weighted by molar-refractivity contribution is 5.67. The zero-order valence-corrected chi connectivity index (χ0v) is 14.3. The van der Waals surface area contributed by atoms with Crippen LogP contribution in [0.2, 0.25) is 0 Å². The lowest BCUT2D eigenvalue weighted by Crippen LogP contribution is -2.24. The minimum atomic E-state index is -0.425. The number of rotatable bonds is 6. The van der Waals surface area contributed by atoms with Crippen LogP contribution in [-0.4, -0.2) is 19.7 Å². The summed E-state index contributed by atoms with van der Waals surface area (Å²) in [6, 6.07) is 13.7. The molecular formula is C20H23NO3. The first kappa shape index (κ1) is 17.6. The molecule has 0 saturated carbocycles. The number of amides is 1. The number of methoxy groups -OCH3 is 1. The number of carbonyl (C=O) groups excluding carboxylic acids is 1. The summed E-state index contributed by atoms with van der Waals surface area (Å²) in [7, 11) is 1.67. The van der Waals surface area contributed by atoms with Gasteiger partial charge in [-0.3, -0.25) is 0 Å². The fraction of sp³-hybridized carbons (Fsp3) is 0.250. The van der Waals surface area contributed by atoms with E-state index in [0.717, 1.165) is 28.0 Å². The molecule has 0 radical (unpaired) electrons. The Balaban J connectivity index is 1.80. The molecule has 0 heterocycles. The topological polar surface area (TPSA) is 47.6 Å². The SMILES string of the molecule is COc1cc(C)c(C=CCNC(=O)OCc2ccccc2)cc1C. The van der Waals surface area contributed by atoms with Gasteiger partial charge in [0.05, 0.1) is 7.11 Å². The standard InChI is InChI=1S/C20H23NO3/c1-15-13-19(23-3)16(2)12-18(15)10-7-11-21-20(22)24-14-17-8-5-4-6-9-17/h4-10,12-13H,11,14H2,1-3H3,(H,21,22). The molecular weight excluding hydrogens is 302 g/mol. The Morgan fingerprint density at radius 2 is 1.88 bits per heavy atom. The maximum Gasteiger partial charge on any atom is 0.407 e. The van der Waals surface area contributed by atoms with Gasteiger partial charge in [0.15, 0.2) is 0 Å². The second kappa shape index (κ2) is 8.77. The third-order valence-corrected chi connectivity index (χ3v) is 3.66. The summed E-state index contributed by atoms with van der Waals surface area (Å²) in [6.45, 7) is 4.73. The first-order valence-electron chi connectivity index (χ1n) is 7.86. The van der Waals surface area contributed by atoms with Gasteiger partial charge in [-0.05, 0) is 48.2 Å². The molecule has 4 heteroatoms. The van der Waals surface area contributed by atoms with Crippen molar-refractivity contribution >= 4 is 12.2 Å². The van der Waals surface area contributed by atoms with Crippen molar-refractivity contribution in [2.75, 3.05) is 13.7 Å². The summed E-state index contributed by atoms with van der Waals surface area (Å²) in [5, 5.41) is 2.71. The molecule has 2 aromatic carbocycles. The molecule has 0 bridgehead atoms.